The molecule has 2 fully saturated rings. The second kappa shape index (κ2) is 7.75. The normalized spacial score (nSPS) is 21.6. The molecule has 2 saturated heterocycles. The smallest absolute Gasteiger partial charge is 0.255 e. The number of hydrogen-bond donors (Lipinski definition) is 0. The van der Waals surface area contributed by atoms with Crippen LogP contribution in [0, 0.1) is 0 Å². The largest absolute Gasteiger partial charge is 0.378 e. The first-order valence-electron chi connectivity index (χ1n) is 8.83. The van der Waals surface area contributed by atoms with Crippen LogP contribution in [0.5, 0.6) is 0 Å². The van der Waals surface area contributed by atoms with Crippen molar-refractivity contribution in [1.82, 2.24) is 14.8 Å². The molecule has 2 aliphatic heterocycles. The zero-order valence-corrected chi connectivity index (χ0v) is 14.2. The Morgan fingerprint density at radius 2 is 1.83 bits per heavy atom. The van der Waals surface area contributed by atoms with Crippen LogP contribution in [-0.4, -0.2) is 65.5 Å². The van der Waals surface area contributed by atoms with Crippen molar-refractivity contribution in [3.05, 3.63) is 29.6 Å². The zero-order valence-electron chi connectivity index (χ0n) is 14.2. The number of rotatable bonds is 3. The Balaban J connectivity index is 1.76. The van der Waals surface area contributed by atoms with Crippen LogP contribution in [0.25, 0.3) is 0 Å². The Kier molecular flexibility index (Phi) is 5.45. The van der Waals surface area contributed by atoms with Gasteiger partial charge >= 0.3 is 0 Å². The monoisotopic (exact) mass is 331 g/mol. The lowest BCUT2D eigenvalue weighted by Gasteiger charge is -2.35. The van der Waals surface area contributed by atoms with E-state index in [-0.39, 0.29) is 11.8 Å². The Hall–Kier alpha value is -1.95. The number of nitrogens with zero attached hydrogens (tertiary/aromatic N) is 3. The van der Waals surface area contributed by atoms with Crippen LogP contribution in [-0.2, 0) is 4.74 Å². The molecular weight excluding hydrogens is 306 g/mol. The van der Waals surface area contributed by atoms with Gasteiger partial charge in [0.05, 0.1) is 24.3 Å². The second-order valence-electron chi connectivity index (χ2n) is 6.42. The lowest BCUT2D eigenvalue weighted by molar-refractivity contribution is 0.0302. The maximum Gasteiger partial charge on any atom is 0.255 e. The molecule has 1 unspecified atom stereocenters. The maximum absolute atomic E-state index is 12.9. The summed E-state index contributed by atoms with van der Waals surface area (Å²) in [6.45, 7) is 5.20. The number of likely N-dealkylation sites (tertiary alicyclic amines) is 1. The first kappa shape index (κ1) is 16.9. The third-order valence-electron chi connectivity index (χ3n) is 4.89. The van der Waals surface area contributed by atoms with Gasteiger partial charge in [0.15, 0.2) is 0 Å². The Bertz CT molecular complexity index is 599. The van der Waals surface area contributed by atoms with Gasteiger partial charge in [-0.1, -0.05) is 6.92 Å². The number of aromatic nitrogens is 1. The van der Waals surface area contributed by atoms with Crippen LogP contribution in [0.4, 0.5) is 0 Å². The Labute approximate surface area is 142 Å². The maximum atomic E-state index is 12.9. The summed E-state index contributed by atoms with van der Waals surface area (Å²) in [7, 11) is 0. The van der Waals surface area contributed by atoms with Gasteiger partial charge in [0.2, 0.25) is 0 Å². The third kappa shape index (κ3) is 3.59. The van der Waals surface area contributed by atoms with Crippen molar-refractivity contribution in [2.75, 3.05) is 32.8 Å². The molecule has 0 radical (unpaired) electrons. The highest BCUT2D eigenvalue weighted by Crippen LogP contribution is 2.22. The summed E-state index contributed by atoms with van der Waals surface area (Å²) in [4.78, 5) is 33.3. The number of morpholine rings is 1. The Morgan fingerprint density at radius 1 is 1.12 bits per heavy atom. The summed E-state index contributed by atoms with van der Waals surface area (Å²) in [6, 6.07) is 1.99. The van der Waals surface area contributed by atoms with Crippen LogP contribution >= 0.6 is 0 Å². The molecule has 0 bridgehead atoms. The molecular formula is C18H25N3O3. The molecule has 0 aromatic carbocycles. The SMILES string of the molecule is CCC1CCCCN1C(=O)c1cncc(C(=O)N2CCOCC2)c1. The van der Waals surface area contributed by atoms with Gasteiger partial charge in [-0.25, -0.2) is 0 Å². The topological polar surface area (TPSA) is 62.7 Å². The minimum absolute atomic E-state index is 0.00863. The first-order chi connectivity index (χ1) is 11.7. The zero-order chi connectivity index (χ0) is 16.9. The van der Waals surface area contributed by atoms with E-state index in [1.807, 2.05) is 4.90 Å². The van der Waals surface area contributed by atoms with Gasteiger partial charge in [0, 0.05) is 38.1 Å². The minimum Gasteiger partial charge on any atom is -0.378 e. The molecule has 2 aliphatic rings. The molecule has 0 aliphatic carbocycles. The molecule has 2 amide bonds. The molecule has 0 spiro atoms. The fourth-order valence-corrected chi connectivity index (χ4v) is 3.48. The van der Waals surface area contributed by atoms with E-state index in [1.165, 1.54) is 6.42 Å². The predicted molar refractivity (Wildman–Crippen MR) is 89.9 cm³/mol. The summed E-state index contributed by atoms with van der Waals surface area (Å²) < 4.78 is 5.28. The summed E-state index contributed by atoms with van der Waals surface area (Å²) in [6.07, 6.45) is 7.35. The molecule has 1 aromatic heterocycles. The molecule has 0 saturated carbocycles. The number of amides is 2. The van der Waals surface area contributed by atoms with Crippen LogP contribution in [0.1, 0.15) is 53.3 Å². The molecule has 130 valence electrons. The highest BCUT2D eigenvalue weighted by molar-refractivity contribution is 5.99. The van der Waals surface area contributed by atoms with Gasteiger partial charge in [0.25, 0.3) is 11.8 Å². The average Bonchev–Trinajstić information content (AvgIpc) is 2.67. The van der Waals surface area contributed by atoms with E-state index in [0.717, 1.165) is 25.8 Å². The van der Waals surface area contributed by atoms with Crippen LogP contribution in [0.3, 0.4) is 0 Å². The van der Waals surface area contributed by atoms with Gasteiger partial charge in [-0.2, -0.15) is 0 Å². The van der Waals surface area contributed by atoms with Gasteiger partial charge in [0.1, 0.15) is 0 Å². The van der Waals surface area contributed by atoms with Crippen LogP contribution in [0.2, 0.25) is 0 Å². The van der Waals surface area contributed by atoms with E-state index >= 15 is 0 Å². The van der Waals surface area contributed by atoms with Crippen LogP contribution < -0.4 is 0 Å². The number of hydrogen-bond acceptors (Lipinski definition) is 4. The number of ether oxygens (including phenoxy) is 1. The fourth-order valence-electron chi connectivity index (χ4n) is 3.48. The van der Waals surface area contributed by atoms with Crippen molar-refractivity contribution in [1.29, 1.82) is 0 Å². The Morgan fingerprint density at radius 3 is 2.54 bits per heavy atom. The molecule has 1 aromatic rings. The standard InChI is InChI=1S/C18H25N3O3/c1-2-16-5-3-4-6-21(16)18(23)15-11-14(12-19-13-15)17(22)20-7-9-24-10-8-20/h11-13,16H,2-10H2,1H3. The van der Waals surface area contributed by atoms with E-state index in [2.05, 4.69) is 11.9 Å². The molecule has 3 rings (SSSR count). The molecule has 6 nitrogen and oxygen atoms in total. The number of carbonyl (C=O) groups excluding carboxylic acids is 2. The minimum atomic E-state index is -0.0777. The summed E-state index contributed by atoms with van der Waals surface area (Å²) in [5, 5.41) is 0. The van der Waals surface area contributed by atoms with Gasteiger partial charge < -0.3 is 14.5 Å². The van der Waals surface area contributed by atoms with E-state index in [9.17, 15) is 9.59 Å². The second-order valence-corrected chi connectivity index (χ2v) is 6.42. The average molecular weight is 331 g/mol. The van der Waals surface area contributed by atoms with Crippen LogP contribution in [0.15, 0.2) is 18.5 Å². The first-order valence-corrected chi connectivity index (χ1v) is 8.83. The van der Waals surface area contributed by atoms with Crippen molar-refractivity contribution in [3.8, 4) is 0 Å². The fraction of sp³-hybridized carbons (Fsp3) is 0.611. The number of pyridine rings is 1. The molecule has 1 atom stereocenters. The van der Waals surface area contributed by atoms with E-state index in [1.54, 1.807) is 23.4 Å². The highest BCUT2D eigenvalue weighted by atomic mass is 16.5. The van der Waals surface area contributed by atoms with E-state index < -0.39 is 0 Å². The van der Waals surface area contributed by atoms with Crippen molar-refractivity contribution in [2.45, 2.75) is 38.6 Å². The van der Waals surface area contributed by atoms with Crippen molar-refractivity contribution in [2.24, 2.45) is 0 Å². The summed E-state index contributed by atoms with van der Waals surface area (Å²) in [5.41, 5.74) is 0.988. The molecule has 24 heavy (non-hydrogen) atoms. The molecule has 0 N–H and O–H groups in total. The lowest BCUT2D eigenvalue weighted by Crippen LogP contribution is -2.43. The third-order valence-corrected chi connectivity index (χ3v) is 4.89. The summed E-state index contributed by atoms with van der Waals surface area (Å²) >= 11 is 0. The van der Waals surface area contributed by atoms with E-state index in [0.29, 0.717) is 43.5 Å². The lowest BCUT2D eigenvalue weighted by atomic mass is 9.99. The predicted octanol–water partition coefficient (Wildman–Crippen LogP) is 1.96. The number of piperidine rings is 1. The van der Waals surface area contributed by atoms with Gasteiger partial charge in [-0.3, -0.25) is 14.6 Å². The molecule has 3 heterocycles. The van der Waals surface area contributed by atoms with E-state index in [4.69, 9.17) is 4.74 Å². The number of carbonyl (C=O) groups is 2. The van der Waals surface area contributed by atoms with Gasteiger partial charge in [-0.15, -0.1) is 0 Å². The quantitative estimate of drug-likeness (QED) is 0.849. The van der Waals surface area contributed by atoms with Crippen molar-refractivity contribution in [3.63, 3.8) is 0 Å². The molecule has 6 heteroatoms. The van der Waals surface area contributed by atoms with Crippen molar-refractivity contribution < 1.29 is 14.3 Å². The summed E-state index contributed by atoms with van der Waals surface area (Å²) in [5.74, 6) is -0.0863. The van der Waals surface area contributed by atoms with Gasteiger partial charge in [-0.05, 0) is 31.7 Å². The highest BCUT2D eigenvalue weighted by Gasteiger charge is 2.27. The van der Waals surface area contributed by atoms with Crippen molar-refractivity contribution >= 4 is 11.8 Å².